The van der Waals surface area contributed by atoms with Crippen LogP contribution in [0.3, 0.4) is 0 Å². The number of nitrogens with zero attached hydrogens (tertiary/aromatic N) is 1. The van der Waals surface area contributed by atoms with Crippen LogP contribution in [0.4, 0.5) is 0 Å². The van der Waals surface area contributed by atoms with Gasteiger partial charge in [-0.25, -0.2) is 0 Å². The fraction of sp³-hybridized carbons (Fsp3) is 0.667. The molecule has 1 N–H and O–H groups in total. The van der Waals surface area contributed by atoms with Gasteiger partial charge in [0.15, 0.2) is 0 Å². The summed E-state index contributed by atoms with van der Waals surface area (Å²) in [6, 6.07) is 3.93. The van der Waals surface area contributed by atoms with Crippen LogP contribution in [0.2, 0.25) is 0 Å². The molecule has 2 nitrogen and oxygen atoms in total. The van der Waals surface area contributed by atoms with Gasteiger partial charge in [0.1, 0.15) is 0 Å². The number of rotatable bonds is 1. The van der Waals surface area contributed by atoms with Crippen LogP contribution in [0.25, 0.3) is 0 Å². The number of aromatic nitrogens is 1. The SMILES string of the molecule is CC(C)(C)C1CCCCC1(O)c1cccnc1. The molecule has 0 amide bonds. The van der Waals surface area contributed by atoms with E-state index in [1.54, 1.807) is 6.20 Å². The fourth-order valence-corrected chi connectivity index (χ4v) is 3.27. The number of pyridine rings is 1. The van der Waals surface area contributed by atoms with E-state index in [1.807, 2.05) is 18.3 Å². The van der Waals surface area contributed by atoms with E-state index in [0.29, 0.717) is 5.92 Å². The number of hydrogen-bond donors (Lipinski definition) is 1. The molecular weight excluding hydrogens is 210 g/mol. The van der Waals surface area contributed by atoms with Crippen LogP contribution in [0, 0.1) is 11.3 Å². The second-order valence-electron chi connectivity index (χ2n) is 6.33. The molecule has 17 heavy (non-hydrogen) atoms. The molecule has 1 fully saturated rings. The Morgan fingerprint density at radius 1 is 1.35 bits per heavy atom. The molecule has 1 heterocycles. The van der Waals surface area contributed by atoms with E-state index in [0.717, 1.165) is 24.8 Å². The lowest BCUT2D eigenvalue weighted by atomic mass is 9.62. The number of hydrogen-bond acceptors (Lipinski definition) is 2. The van der Waals surface area contributed by atoms with Gasteiger partial charge in [0.05, 0.1) is 5.60 Å². The first kappa shape index (κ1) is 12.6. The summed E-state index contributed by atoms with van der Waals surface area (Å²) in [7, 11) is 0. The summed E-state index contributed by atoms with van der Waals surface area (Å²) in [6.45, 7) is 6.68. The van der Waals surface area contributed by atoms with Gasteiger partial charge >= 0.3 is 0 Å². The van der Waals surface area contributed by atoms with Crippen molar-refractivity contribution in [3.63, 3.8) is 0 Å². The largest absolute Gasteiger partial charge is 0.385 e. The highest BCUT2D eigenvalue weighted by Crippen LogP contribution is 2.49. The van der Waals surface area contributed by atoms with Crippen molar-refractivity contribution in [2.24, 2.45) is 11.3 Å². The van der Waals surface area contributed by atoms with Gasteiger partial charge in [-0.15, -0.1) is 0 Å². The van der Waals surface area contributed by atoms with Crippen molar-refractivity contribution in [3.8, 4) is 0 Å². The molecular formula is C15H23NO. The van der Waals surface area contributed by atoms with Crippen LogP contribution in [0.5, 0.6) is 0 Å². The molecule has 2 atom stereocenters. The van der Waals surface area contributed by atoms with Crippen LogP contribution in [0.1, 0.15) is 52.0 Å². The third kappa shape index (κ3) is 2.37. The average Bonchev–Trinajstić information content (AvgIpc) is 2.29. The van der Waals surface area contributed by atoms with E-state index in [-0.39, 0.29) is 5.41 Å². The Morgan fingerprint density at radius 3 is 2.71 bits per heavy atom. The molecule has 1 aromatic rings. The Balaban J connectivity index is 2.38. The molecule has 0 radical (unpaired) electrons. The minimum Gasteiger partial charge on any atom is -0.385 e. The maximum atomic E-state index is 11.1. The van der Waals surface area contributed by atoms with Crippen molar-refractivity contribution >= 4 is 0 Å². The van der Waals surface area contributed by atoms with Crippen molar-refractivity contribution in [1.82, 2.24) is 4.98 Å². The van der Waals surface area contributed by atoms with Gasteiger partial charge in [-0.3, -0.25) is 4.98 Å². The van der Waals surface area contributed by atoms with Crippen LogP contribution in [-0.2, 0) is 5.60 Å². The Hall–Kier alpha value is -0.890. The third-order valence-electron chi connectivity index (χ3n) is 4.08. The lowest BCUT2D eigenvalue weighted by Gasteiger charge is -2.47. The van der Waals surface area contributed by atoms with E-state index in [9.17, 15) is 5.11 Å². The summed E-state index contributed by atoms with van der Waals surface area (Å²) in [5, 5.41) is 11.1. The van der Waals surface area contributed by atoms with E-state index in [1.165, 1.54) is 6.42 Å². The summed E-state index contributed by atoms with van der Waals surface area (Å²) in [5.74, 6) is 0.313. The summed E-state index contributed by atoms with van der Waals surface area (Å²) >= 11 is 0. The van der Waals surface area contributed by atoms with Crippen molar-refractivity contribution < 1.29 is 5.11 Å². The molecule has 0 aliphatic heterocycles. The minimum absolute atomic E-state index is 0.130. The summed E-state index contributed by atoms with van der Waals surface area (Å²) in [5.41, 5.74) is 0.426. The minimum atomic E-state index is -0.690. The maximum absolute atomic E-state index is 11.1. The first-order valence-corrected chi connectivity index (χ1v) is 6.57. The molecule has 1 aliphatic rings. The zero-order valence-electron chi connectivity index (χ0n) is 11.1. The molecule has 2 rings (SSSR count). The first-order chi connectivity index (χ1) is 7.94. The molecule has 0 aromatic carbocycles. The second-order valence-corrected chi connectivity index (χ2v) is 6.33. The van der Waals surface area contributed by atoms with Gasteiger partial charge in [-0.05, 0) is 30.2 Å². The summed E-state index contributed by atoms with van der Waals surface area (Å²) in [6.07, 6.45) is 7.89. The molecule has 0 saturated heterocycles. The average molecular weight is 233 g/mol. The van der Waals surface area contributed by atoms with Crippen LogP contribution < -0.4 is 0 Å². The lowest BCUT2D eigenvalue weighted by Crippen LogP contribution is -2.44. The smallest absolute Gasteiger partial charge is 0.0944 e. The maximum Gasteiger partial charge on any atom is 0.0944 e. The Morgan fingerprint density at radius 2 is 2.12 bits per heavy atom. The zero-order valence-corrected chi connectivity index (χ0v) is 11.1. The van der Waals surface area contributed by atoms with E-state index >= 15 is 0 Å². The third-order valence-corrected chi connectivity index (χ3v) is 4.08. The van der Waals surface area contributed by atoms with Crippen LogP contribution in [-0.4, -0.2) is 10.1 Å². The van der Waals surface area contributed by atoms with Crippen molar-refractivity contribution in [2.45, 2.75) is 52.1 Å². The van der Waals surface area contributed by atoms with Crippen molar-refractivity contribution in [3.05, 3.63) is 30.1 Å². The molecule has 94 valence electrons. The van der Waals surface area contributed by atoms with Gasteiger partial charge in [-0.1, -0.05) is 39.7 Å². The van der Waals surface area contributed by atoms with Gasteiger partial charge in [0.25, 0.3) is 0 Å². The summed E-state index contributed by atoms with van der Waals surface area (Å²) < 4.78 is 0. The van der Waals surface area contributed by atoms with Crippen molar-refractivity contribution in [1.29, 1.82) is 0 Å². The highest BCUT2D eigenvalue weighted by atomic mass is 16.3. The molecule has 2 unspecified atom stereocenters. The van der Waals surface area contributed by atoms with Gasteiger partial charge in [0, 0.05) is 18.0 Å². The first-order valence-electron chi connectivity index (χ1n) is 6.57. The number of aliphatic hydroxyl groups is 1. The highest BCUT2D eigenvalue weighted by Gasteiger charge is 2.45. The van der Waals surface area contributed by atoms with Crippen LogP contribution in [0.15, 0.2) is 24.5 Å². The fourth-order valence-electron chi connectivity index (χ4n) is 3.27. The topological polar surface area (TPSA) is 33.1 Å². The lowest BCUT2D eigenvalue weighted by molar-refractivity contribution is -0.0961. The van der Waals surface area contributed by atoms with E-state index in [2.05, 4.69) is 25.8 Å². The van der Waals surface area contributed by atoms with E-state index in [4.69, 9.17) is 0 Å². The van der Waals surface area contributed by atoms with E-state index < -0.39 is 5.60 Å². The van der Waals surface area contributed by atoms with Crippen molar-refractivity contribution in [2.75, 3.05) is 0 Å². The molecule has 1 saturated carbocycles. The Kier molecular flexibility index (Phi) is 3.26. The predicted octanol–water partition coefficient (Wildman–Crippen LogP) is 3.51. The molecule has 0 spiro atoms. The zero-order chi connectivity index (χ0) is 12.5. The second kappa shape index (κ2) is 4.41. The van der Waals surface area contributed by atoms with Gasteiger partial charge in [-0.2, -0.15) is 0 Å². The molecule has 1 aromatic heterocycles. The Labute approximate surface area is 104 Å². The molecule has 2 heteroatoms. The Bertz CT molecular complexity index is 368. The standard InChI is InChI=1S/C15H23NO/c1-14(2,3)13-8-4-5-9-15(13,17)12-7-6-10-16-11-12/h6-7,10-11,13,17H,4-5,8-9H2,1-3H3. The highest BCUT2D eigenvalue weighted by molar-refractivity contribution is 5.21. The van der Waals surface area contributed by atoms with Gasteiger partial charge in [0.2, 0.25) is 0 Å². The predicted molar refractivity (Wildman–Crippen MR) is 69.5 cm³/mol. The normalized spacial score (nSPS) is 30.2. The molecule has 0 bridgehead atoms. The van der Waals surface area contributed by atoms with Gasteiger partial charge < -0.3 is 5.11 Å². The molecule has 1 aliphatic carbocycles. The van der Waals surface area contributed by atoms with Crippen LogP contribution >= 0.6 is 0 Å². The quantitative estimate of drug-likeness (QED) is 0.805. The summed E-state index contributed by atoms with van der Waals surface area (Å²) in [4.78, 5) is 4.16. The monoisotopic (exact) mass is 233 g/mol.